The van der Waals surface area contributed by atoms with Gasteiger partial charge in [0, 0.05) is 10.6 Å². The third-order valence-electron chi connectivity index (χ3n) is 2.45. The van der Waals surface area contributed by atoms with Crippen LogP contribution in [0.2, 0.25) is 10.0 Å². The van der Waals surface area contributed by atoms with Gasteiger partial charge >= 0.3 is 12.0 Å². The molecule has 19 heavy (non-hydrogen) atoms. The van der Waals surface area contributed by atoms with Crippen molar-refractivity contribution in [2.24, 2.45) is 0 Å². The molecule has 1 fully saturated rings. The Morgan fingerprint density at radius 2 is 2.05 bits per heavy atom. The van der Waals surface area contributed by atoms with Gasteiger partial charge in [0.25, 0.3) is 0 Å². The summed E-state index contributed by atoms with van der Waals surface area (Å²) in [5.41, 5.74) is -0.255. The number of alkyl carbamates (subject to hydrolysis) is 1. The molecule has 1 aromatic carbocycles. The Labute approximate surface area is 123 Å². The number of rotatable bonds is 1. The summed E-state index contributed by atoms with van der Waals surface area (Å²) in [6, 6.07) is 0.587. The van der Waals surface area contributed by atoms with Crippen molar-refractivity contribution in [2.75, 3.05) is 6.61 Å². The Morgan fingerprint density at radius 3 is 2.68 bits per heavy atom. The van der Waals surface area contributed by atoms with E-state index in [2.05, 4.69) is 4.74 Å². The van der Waals surface area contributed by atoms with Crippen LogP contribution in [-0.2, 0) is 4.74 Å². The van der Waals surface area contributed by atoms with Crippen molar-refractivity contribution in [1.82, 2.24) is 5.32 Å². The van der Waals surface area contributed by atoms with E-state index >= 15 is 0 Å². The number of ether oxygens (including phenoxy) is 1. The first kappa shape index (κ1) is 16.1. The standard InChI is InChI=1S/C10H7Cl2F2NO3.ClH/c11-4-1-5(7(16)6(12)2-4)8-10(13,14)3-18-9(17)15-8;/h1-2,8,16H,3H2,(H,15,17);1H/t8-;/m0./s1. The topological polar surface area (TPSA) is 58.6 Å². The largest absolute Gasteiger partial charge is 0.506 e. The highest BCUT2D eigenvalue weighted by Gasteiger charge is 2.48. The van der Waals surface area contributed by atoms with Crippen molar-refractivity contribution >= 4 is 41.7 Å². The van der Waals surface area contributed by atoms with Crippen LogP contribution in [0.1, 0.15) is 11.6 Å². The van der Waals surface area contributed by atoms with Gasteiger partial charge < -0.3 is 15.2 Å². The van der Waals surface area contributed by atoms with E-state index in [4.69, 9.17) is 23.2 Å². The third kappa shape index (κ3) is 3.13. The van der Waals surface area contributed by atoms with Crippen LogP contribution in [0.4, 0.5) is 13.6 Å². The summed E-state index contributed by atoms with van der Waals surface area (Å²) >= 11 is 11.3. The summed E-state index contributed by atoms with van der Waals surface area (Å²) in [5.74, 6) is -3.92. The average molecular weight is 335 g/mol. The smallest absolute Gasteiger partial charge is 0.408 e. The van der Waals surface area contributed by atoms with E-state index in [9.17, 15) is 18.7 Å². The quantitative estimate of drug-likeness (QED) is 0.826. The van der Waals surface area contributed by atoms with Gasteiger partial charge in [0.15, 0.2) is 6.61 Å². The zero-order valence-electron chi connectivity index (χ0n) is 9.12. The number of nitrogens with one attached hydrogen (secondary N) is 1. The maximum Gasteiger partial charge on any atom is 0.408 e. The fourth-order valence-corrected chi connectivity index (χ4v) is 2.13. The molecule has 2 rings (SSSR count). The molecule has 0 aromatic heterocycles. The van der Waals surface area contributed by atoms with E-state index in [0.29, 0.717) is 0 Å². The lowest BCUT2D eigenvalue weighted by Gasteiger charge is -2.32. The molecule has 1 atom stereocenters. The van der Waals surface area contributed by atoms with Gasteiger partial charge in [-0.05, 0) is 12.1 Å². The number of benzene rings is 1. The Morgan fingerprint density at radius 1 is 1.42 bits per heavy atom. The van der Waals surface area contributed by atoms with Crippen molar-refractivity contribution in [1.29, 1.82) is 0 Å². The number of amides is 1. The number of alkyl halides is 2. The molecule has 2 N–H and O–H groups in total. The minimum Gasteiger partial charge on any atom is -0.506 e. The van der Waals surface area contributed by atoms with Crippen LogP contribution >= 0.6 is 35.6 Å². The van der Waals surface area contributed by atoms with Crippen LogP contribution in [-0.4, -0.2) is 23.7 Å². The molecule has 9 heteroatoms. The lowest BCUT2D eigenvalue weighted by Crippen LogP contribution is -2.49. The number of aromatic hydroxyl groups is 1. The molecule has 0 bridgehead atoms. The van der Waals surface area contributed by atoms with Crippen molar-refractivity contribution < 1.29 is 23.4 Å². The fraction of sp³-hybridized carbons (Fsp3) is 0.300. The molecule has 0 unspecified atom stereocenters. The predicted octanol–water partition coefficient (Wildman–Crippen LogP) is 3.54. The van der Waals surface area contributed by atoms with Crippen LogP contribution in [0.15, 0.2) is 12.1 Å². The molecule has 106 valence electrons. The lowest BCUT2D eigenvalue weighted by molar-refractivity contribution is -0.104. The van der Waals surface area contributed by atoms with Gasteiger partial charge in [0.1, 0.15) is 11.8 Å². The molecule has 0 spiro atoms. The fourth-order valence-electron chi connectivity index (χ4n) is 1.62. The first-order valence-electron chi connectivity index (χ1n) is 4.80. The van der Waals surface area contributed by atoms with Crippen molar-refractivity contribution in [3.05, 3.63) is 27.7 Å². The highest BCUT2D eigenvalue weighted by atomic mass is 35.5. The molecule has 1 aliphatic rings. The van der Waals surface area contributed by atoms with Gasteiger partial charge in [0.05, 0.1) is 5.02 Å². The summed E-state index contributed by atoms with van der Waals surface area (Å²) in [5, 5.41) is 11.5. The number of phenols is 1. The maximum atomic E-state index is 13.6. The van der Waals surface area contributed by atoms with Crippen LogP contribution in [0.25, 0.3) is 0 Å². The van der Waals surface area contributed by atoms with Gasteiger partial charge in [0.2, 0.25) is 0 Å². The van der Waals surface area contributed by atoms with Gasteiger partial charge in [-0.1, -0.05) is 23.2 Å². The zero-order valence-corrected chi connectivity index (χ0v) is 11.5. The minimum atomic E-state index is -3.38. The number of halogens is 5. The van der Waals surface area contributed by atoms with Gasteiger partial charge in [-0.25, -0.2) is 13.6 Å². The minimum absolute atomic E-state index is 0. The number of carbonyl (C=O) groups excluding carboxylic acids is 1. The number of hydrogen-bond donors (Lipinski definition) is 2. The Hall–Kier alpha value is -0.980. The molecule has 0 aliphatic carbocycles. The van der Waals surface area contributed by atoms with Crippen molar-refractivity contribution in [3.8, 4) is 5.75 Å². The molecule has 1 aliphatic heterocycles. The average Bonchev–Trinajstić information content (AvgIpc) is 2.27. The lowest BCUT2D eigenvalue weighted by atomic mass is 9.99. The van der Waals surface area contributed by atoms with E-state index in [1.54, 1.807) is 0 Å². The van der Waals surface area contributed by atoms with Gasteiger partial charge in [-0.2, -0.15) is 0 Å². The predicted molar refractivity (Wildman–Crippen MR) is 67.5 cm³/mol. The van der Waals surface area contributed by atoms with E-state index in [0.717, 1.165) is 6.07 Å². The number of hydrogen-bond acceptors (Lipinski definition) is 3. The van der Waals surface area contributed by atoms with Crippen LogP contribution < -0.4 is 5.32 Å². The highest BCUT2D eigenvalue weighted by molar-refractivity contribution is 6.35. The second-order valence-electron chi connectivity index (χ2n) is 3.74. The molecular weight excluding hydrogens is 326 g/mol. The maximum absolute atomic E-state index is 13.6. The molecule has 0 saturated carbocycles. The first-order valence-corrected chi connectivity index (χ1v) is 5.56. The van der Waals surface area contributed by atoms with Crippen molar-refractivity contribution in [3.63, 3.8) is 0 Å². The van der Waals surface area contributed by atoms with E-state index in [1.165, 1.54) is 6.07 Å². The number of cyclic esters (lactones) is 1. The monoisotopic (exact) mass is 333 g/mol. The summed E-state index contributed by atoms with van der Waals surface area (Å²) in [6.07, 6.45) is -0.999. The summed E-state index contributed by atoms with van der Waals surface area (Å²) in [6.45, 7) is -1.08. The van der Waals surface area contributed by atoms with E-state index < -0.39 is 30.4 Å². The van der Waals surface area contributed by atoms with E-state index in [-0.39, 0.29) is 28.0 Å². The summed E-state index contributed by atoms with van der Waals surface area (Å²) in [4.78, 5) is 11.0. The van der Waals surface area contributed by atoms with Gasteiger partial charge in [-0.3, -0.25) is 0 Å². The van der Waals surface area contributed by atoms with E-state index in [1.807, 2.05) is 5.32 Å². The molecule has 4 nitrogen and oxygen atoms in total. The molecule has 1 amide bonds. The Balaban J connectivity index is 0.00000180. The molecular formula is C10H8Cl3F2NO3. The zero-order chi connectivity index (χ0) is 13.5. The summed E-state index contributed by atoms with van der Waals surface area (Å²) < 4.78 is 31.5. The molecule has 1 aromatic rings. The summed E-state index contributed by atoms with van der Waals surface area (Å²) in [7, 11) is 0. The number of phenolic OH excluding ortho intramolecular Hbond substituents is 1. The number of carbonyl (C=O) groups is 1. The second-order valence-corrected chi connectivity index (χ2v) is 4.58. The van der Waals surface area contributed by atoms with Crippen LogP contribution in [0.5, 0.6) is 5.75 Å². The molecule has 1 heterocycles. The third-order valence-corrected chi connectivity index (χ3v) is 2.96. The normalized spacial score (nSPS) is 21.1. The van der Waals surface area contributed by atoms with Crippen LogP contribution in [0.3, 0.4) is 0 Å². The van der Waals surface area contributed by atoms with Crippen molar-refractivity contribution in [2.45, 2.75) is 12.0 Å². The SMILES string of the molecule is Cl.O=C1N[C@@H](c2cc(Cl)cc(Cl)c2O)C(F)(F)CO1. The highest BCUT2D eigenvalue weighted by Crippen LogP contribution is 2.42. The van der Waals surface area contributed by atoms with Crippen LogP contribution in [0, 0.1) is 0 Å². The Kier molecular flexibility index (Phi) is 4.71. The molecule has 1 saturated heterocycles. The van der Waals surface area contributed by atoms with Gasteiger partial charge in [-0.15, -0.1) is 12.4 Å². The second kappa shape index (κ2) is 5.56. The Bertz CT molecular complexity index is 513. The first-order chi connectivity index (χ1) is 8.31. The molecule has 0 radical (unpaired) electrons.